The largest absolute Gasteiger partial charge is 0.326 e. The predicted molar refractivity (Wildman–Crippen MR) is 80.3 cm³/mol. The molecule has 8 heteroatoms. The number of hydrogen-bond acceptors (Lipinski definition) is 5. The minimum Gasteiger partial charge on any atom is -0.326 e. The molecule has 1 amide bonds. The fourth-order valence-corrected chi connectivity index (χ4v) is 2.97. The minimum absolute atomic E-state index is 0.143. The molecule has 7 nitrogen and oxygen atoms in total. The molecular weight excluding hydrogens is 306 g/mol. The summed E-state index contributed by atoms with van der Waals surface area (Å²) in [5.74, 6) is -0.701. The Morgan fingerprint density at radius 3 is 2.55 bits per heavy atom. The second kappa shape index (κ2) is 6.56. The number of carbonyl (C=O) groups excluding carboxylic acids is 1. The van der Waals surface area contributed by atoms with E-state index in [-0.39, 0.29) is 4.90 Å². The summed E-state index contributed by atoms with van der Waals surface area (Å²) in [6.07, 6.45) is 5.22. The van der Waals surface area contributed by atoms with Crippen molar-refractivity contribution in [3.8, 4) is 0 Å². The Balaban J connectivity index is 2.28. The Morgan fingerprint density at radius 1 is 1.27 bits per heavy atom. The zero-order valence-corrected chi connectivity index (χ0v) is 12.3. The molecule has 0 fully saturated rings. The van der Waals surface area contributed by atoms with Gasteiger partial charge in [-0.15, -0.1) is 0 Å². The molecule has 0 unspecified atom stereocenters. The van der Waals surface area contributed by atoms with Crippen molar-refractivity contribution in [1.29, 1.82) is 0 Å². The quantitative estimate of drug-likeness (QED) is 0.426. The fraction of sp³-hybridized carbons (Fsp3) is 0.0714. The summed E-state index contributed by atoms with van der Waals surface area (Å²) in [4.78, 5) is 11.0. The summed E-state index contributed by atoms with van der Waals surface area (Å²) >= 11 is 0. The number of hydroxylamine groups is 1. The summed E-state index contributed by atoms with van der Waals surface area (Å²) in [6.45, 7) is 0.339. The Hall–Kier alpha value is -2.42. The van der Waals surface area contributed by atoms with Gasteiger partial charge in [0.2, 0.25) is 0 Å². The van der Waals surface area contributed by atoms with E-state index in [4.69, 9.17) is 10.9 Å². The van der Waals surface area contributed by atoms with Crippen LogP contribution in [0.3, 0.4) is 0 Å². The molecular formula is C14H15N3O4S. The molecule has 116 valence electrons. The van der Waals surface area contributed by atoms with E-state index in [9.17, 15) is 13.2 Å². The van der Waals surface area contributed by atoms with Gasteiger partial charge in [-0.05, 0) is 35.4 Å². The molecule has 2 aromatic rings. The van der Waals surface area contributed by atoms with Crippen LogP contribution in [-0.4, -0.2) is 23.5 Å². The first-order valence-corrected chi connectivity index (χ1v) is 7.76. The van der Waals surface area contributed by atoms with Crippen LogP contribution in [0.15, 0.2) is 53.7 Å². The average molecular weight is 321 g/mol. The van der Waals surface area contributed by atoms with Gasteiger partial charge in [-0.2, -0.15) is 0 Å². The molecule has 1 aromatic heterocycles. The molecule has 0 saturated carbocycles. The third-order valence-corrected chi connectivity index (χ3v) is 4.61. The number of nitrogens with one attached hydrogen (secondary N) is 1. The lowest BCUT2D eigenvalue weighted by Gasteiger charge is -2.06. The molecule has 1 aromatic carbocycles. The summed E-state index contributed by atoms with van der Waals surface area (Å²) in [5.41, 5.74) is 8.27. The summed E-state index contributed by atoms with van der Waals surface area (Å²) in [7, 11) is -3.70. The van der Waals surface area contributed by atoms with Gasteiger partial charge in [0.15, 0.2) is 0 Å². The molecule has 0 saturated heterocycles. The van der Waals surface area contributed by atoms with Crippen LogP contribution in [0.1, 0.15) is 11.1 Å². The van der Waals surface area contributed by atoms with Gasteiger partial charge in [-0.1, -0.05) is 12.1 Å². The van der Waals surface area contributed by atoms with Crippen molar-refractivity contribution >= 4 is 22.0 Å². The second-order valence-corrected chi connectivity index (χ2v) is 6.28. The van der Waals surface area contributed by atoms with Crippen molar-refractivity contribution in [2.45, 2.75) is 11.4 Å². The lowest BCUT2D eigenvalue weighted by Crippen LogP contribution is -2.14. The first kappa shape index (κ1) is 16.0. The number of benzene rings is 1. The zero-order valence-electron chi connectivity index (χ0n) is 11.5. The van der Waals surface area contributed by atoms with Gasteiger partial charge in [0, 0.05) is 25.0 Å². The van der Waals surface area contributed by atoms with Gasteiger partial charge < -0.3 is 5.73 Å². The highest BCUT2D eigenvalue weighted by atomic mass is 32.2. The lowest BCUT2D eigenvalue weighted by molar-refractivity contribution is -0.124. The average Bonchev–Trinajstić information content (AvgIpc) is 3.02. The first-order valence-electron chi connectivity index (χ1n) is 6.32. The zero-order chi connectivity index (χ0) is 16.2. The van der Waals surface area contributed by atoms with E-state index >= 15 is 0 Å². The number of carbonyl (C=O) groups is 1. The van der Waals surface area contributed by atoms with Crippen molar-refractivity contribution < 1.29 is 18.4 Å². The van der Waals surface area contributed by atoms with Gasteiger partial charge in [-0.25, -0.2) is 17.9 Å². The Morgan fingerprint density at radius 2 is 1.95 bits per heavy atom. The first-order chi connectivity index (χ1) is 10.5. The molecule has 0 spiro atoms. The third-order valence-electron chi connectivity index (χ3n) is 2.96. The van der Waals surface area contributed by atoms with Crippen LogP contribution in [0.2, 0.25) is 0 Å². The van der Waals surface area contributed by atoms with Crippen LogP contribution in [0.4, 0.5) is 0 Å². The van der Waals surface area contributed by atoms with Crippen molar-refractivity contribution in [2.24, 2.45) is 5.73 Å². The fourth-order valence-electron chi connectivity index (χ4n) is 1.77. The molecule has 0 aliphatic carbocycles. The molecule has 0 radical (unpaired) electrons. The van der Waals surface area contributed by atoms with Crippen LogP contribution < -0.4 is 11.2 Å². The maximum Gasteiger partial charge on any atom is 0.267 e. The second-order valence-electron chi connectivity index (χ2n) is 4.44. The SMILES string of the molecule is NCc1ccc(S(=O)(=O)n2ccc(C=CC(=O)NO)c2)cc1. The number of hydrogen-bond donors (Lipinski definition) is 3. The number of amides is 1. The van der Waals surface area contributed by atoms with Crippen molar-refractivity contribution in [2.75, 3.05) is 0 Å². The van der Waals surface area contributed by atoms with Gasteiger partial charge >= 0.3 is 0 Å². The van der Waals surface area contributed by atoms with E-state index in [1.165, 1.54) is 42.1 Å². The number of aromatic nitrogens is 1. The van der Waals surface area contributed by atoms with Crippen molar-refractivity contribution in [1.82, 2.24) is 9.45 Å². The van der Waals surface area contributed by atoms with E-state index in [1.54, 1.807) is 12.1 Å². The van der Waals surface area contributed by atoms with Crippen molar-refractivity contribution in [3.05, 3.63) is 59.9 Å². The number of nitrogens with zero attached hydrogens (tertiary/aromatic N) is 1. The molecule has 4 N–H and O–H groups in total. The monoisotopic (exact) mass is 321 g/mol. The van der Waals surface area contributed by atoms with E-state index in [1.807, 2.05) is 0 Å². The number of rotatable bonds is 5. The highest BCUT2D eigenvalue weighted by Crippen LogP contribution is 2.16. The topological polar surface area (TPSA) is 114 Å². The maximum absolute atomic E-state index is 12.4. The van der Waals surface area contributed by atoms with Crippen LogP contribution in [0.25, 0.3) is 6.08 Å². The summed E-state index contributed by atoms with van der Waals surface area (Å²) in [5, 5.41) is 8.38. The van der Waals surface area contributed by atoms with E-state index < -0.39 is 15.9 Å². The molecule has 0 atom stereocenters. The Labute approximate surface area is 127 Å². The Bertz CT molecular complexity index is 792. The standard InChI is InChI=1S/C14H15N3O4S/c15-9-11-1-4-13(5-2-11)22(20,21)17-8-7-12(10-17)3-6-14(18)16-19/h1-8,10,19H,9,15H2,(H,16,18). The lowest BCUT2D eigenvalue weighted by atomic mass is 10.2. The Kier molecular flexibility index (Phi) is 4.76. The molecule has 0 aliphatic rings. The van der Waals surface area contributed by atoms with Crippen LogP contribution in [0, 0.1) is 0 Å². The van der Waals surface area contributed by atoms with Gasteiger partial charge in [0.25, 0.3) is 15.9 Å². The highest BCUT2D eigenvalue weighted by Gasteiger charge is 2.16. The van der Waals surface area contributed by atoms with Crippen molar-refractivity contribution in [3.63, 3.8) is 0 Å². The van der Waals surface area contributed by atoms with E-state index in [2.05, 4.69) is 0 Å². The predicted octanol–water partition coefficient (Wildman–Crippen LogP) is 0.702. The van der Waals surface area contributed by atoms with E-state index in [0.717, 1.165) is 15.6 Å². The minimum atomic E-state index is -3.70. The molecule has 0 aliphatic heterocycles. The summed E-state index contributed by atoms with van der Waals surface area (Å²) in [6, 6.07) is 7.83. The normalized spacial score (nSPS) is 11.7. The highest BCUT2D eigenvalue weighted by molar-refractivity contribution is 7.90. The number of nitrogens with two attached hydrogens (primary N) is 1. The maximum atomic E-state index is 12.4. The van der Waals surface area contributed by atoms with Gasteiger partial charge in [-0.3, -0.25) is 10.0 Å². The van der Waals surface area contributed by atoms with Gasteiger partial charge in [0.1, 0.15) is 0 Å². The smallest absolute Gasteiger partial charge is 0.267 e. The molecule has 0 bridgehead atoms. The third kappa shape index (κ3) is 3.42. The molecule has 2 rings (SSSR count). The summed E-state index contributed by atoms with van der Waals surface area (Å²) < 4.78 is 25.9. The molecule has 22 heavy (non-hydrogen) atoms. The molecule has 1 heterocycles. The van der Waals surface area contributed by atoms with E-state index in [0.29, 0.717) is 12.1 Å². The van der Waals surface area contributed by atoms with Crippen LogP contribution in [-0.2, 0) is 21.4 Å². The van der Waals surface area contributed by atoms with Crippen LogP contribution >= 0.6 is 0 Å². The van der Waals surface area contributed by atoms with Gasteiger partial charge in [0.05, 0.1) is 4.90 Å². The van der Waals surface area contributed by atoms with Crippen LogP contribution in [0.5, 0.6) is 0 Å².